The van der Waals surface area contributed by atoms with Gasteiger partial charge in [0, 0.05) is 26.8 Å². The molecule has 0 radical (unpaired) electrons. The molecule has 0 saturated heterocycles. The van der Waals surface area contributed by atoms with E-state index in [1.165, 1.54) is 38.5 Å². The number of hydrogen-bond donors (Lipinski definition) is 1. The maximum Gasteiger partial charge on any atom is 0.262 e. The van der Waals surface area contributed by atoms with Gasteiger partial charge in [-0.2, -0.15) is 5.10 Å². The van der Waals surface area contributed by atoms with Gasteiger partial charge in [-0.15, -0.1) is 0 Å². The van der Waals surface area contributed by atoms with Gasteiger partial charge in [0.05, 0.1) is 21.7 Å². The maximum atomic E-state index is 12.4. The van der Waals surface area contributed by atoms with E-state index in [4.69, 9.17) is 0 Å². The van der Waals surface area contributed by atoms with Crippen LogP contribution in [0.3, 0.4) is 0 Å². The summed E-state index contributed by atoms with van der Waals surface area (Å²) in [5.41, 5.74) is 0.313. The molecule has 1 heterocycles. The summed E-state index contributed by atoms with van der Waals surface area (Å²) in [6.07, 6.45) is 2.94. The van der Waals surface area contributed by atoms with Crippen LogP contribution >= 0.6 is 0 Å². The average molecular weight is 358 g/mol. The fourth-order valence-electron chi connectivity index (χ4n) is 1.82. The second-order valence-corrected chi connectivity index (χ2v) is 8.79. The molecule has 10 heteroatoms. The Morgan fingerprint density at radius 1 is 1.17 bits per heavy atom. The molecule has 23 heavy (non-hydrogen) atoms. The van der Waals surface area contributed by atoms with Crippen LogP contribution in [0.1, 0.15) is 6.92 Å². The highest BCUT2D eigenvalue weighted by Gasteiger charge is 2.21. The number of nitrogens with one attached hydrogen (secondary N) is 1. The van der Waals surface area contributed by atoms with E-state index in [2.05, 4.69) is 9.82 Å². The Balaban J connectivity index is 2.37. The molecule has 2 aromatic rings. The Morgan fingerprint density at radius 3 is 2.39 bits per heavy atom. The van der Waals surface area contributed by atoms with Crippen LogP contribution in [0.25, 0.3) is 0 Å². The van der Waals surface area contributed by atoms with Crippen LogP contribution in [-0.4, -0.2) is 45.0 Å². The molecule has 0 aliphatic heterocycles. The number of aromatic nitrogens is 2. The van der Waals surface area contributed by atoms with Crippen LogP contribution in [0.15, 0.2) is 46.5 Å². The molecule has 0 atom stereocenters. The van der Waals surface area contributed by atoms with Crippen LogP contribution in [0.2, 0.25) is 0 Å². The predicted molar refractivity (Wildman–Crippen MR) is 86.0 cm³/mol. The van der Waals surface area contributed by atoms with E-state index in [-0.39, 0.29) is 9.79 Å². The van der Waals surface area contributed by atoms with Crippen LogP contribution in [-0.2, 0) is 26.6 Å². The first-order valence-electron chi connectivity index (χ1n) is 6.74. The normalized spacial score (nSPS) is 12.5. The van der Waals surface area contributed by atoms with Crippen LogP contribution in [0.5, 0.6) is 0 Å². The Hall–Kier alpha value is -1.91. The Labute approximate surface area is 135 Å². The van der Waals surface area contributed by atoms with Gasteiger partial charge in [-0.3, -0.25) is 9.40 Å². The van der Waals surface area contributed by atoms with Crippen molar-refractivity contribution in [2.24, 2.45) is 0 Å². The van der Waals surface area contributed by atoms with Gasteiger partial charge in [0.15, 0.2) is 0 Å². The number of nitrogens with zero attached hydrogens (tertiary/aromatic N) is 3. The van der Waals surface area contributed by atoms with Gasteiger partial charge in [-0.1, -0.05) is 6.07 Å². The Morgan fingerprint density at radius 2 is 1.83 bits per heavy atom. The number of benzene rings is 1. The zero-order valence-electron chi connectivity index (χ0n) is 13.0. The van der Waals surface area contributed by atoms with E-state index in [1.807, 2.05) is 6.92 Å². The van der Waals surface area contributed by atoms with E-state index >= 15 is 0 Å². The summed E-state index contributed by atoms with van der Waals surface area (Å²) < 4.78 is 54.0. The lowest BCUT2D eigenvalue weighted by Gasteiger charge is -2.12. The molecule has 2 rings (SSSR count). The van der Waals surface area contributed by atoms with Crippen molar-refractivity contribution in [3.63, 3.8) is 0 Å². The highest BCUT2D eigenvalue weighted by atomic mass is 32.2. The van der Waals surface area contributed by atoms with Crippen molar-refractivity contribution in [2.75, 3.05) is 18.8 Å². The van der Waals surface area contributed by atoms with Gasteiger partial charge >= 0.3 is 0 Å². The van der Waals surface area contributed by atoms with Gasteiger partial charge < -0.3 is 0 Å². The van der Waals surface area contributed by atoms with Crippen LogP contribution in [0.4, 0.5) is 5.69 Å². The first-order valence-corrected chi connectivity index (χ1v) is 9.67. The summed E-state index contributed by atoms with van der Waals surface area (Å²) in [6, 6.07) is 5.20. The van der Waals surface area contributed by atoms with Gasteiger partial charge in [0.2, 0.25) is 10.0 Å². The van der Waals surface area contributed by atoms with Crippen molar-refractivity contribution < 1.29 is 16.8 Å². The van der Waals surface area contributed by atoms with E-state index in [0.29, 0.717) is 12.2 Å². The summed E-state index contributed by atoms with van der Waals surface area (Å²) in [5.74, 6) is 0. The summed E-state index contributed by atoms with van der Waals surface area (Å²) in [7, 11) is -4.85. The minimum atomic E-state index is -3.90. The largest absolute Gasteiger partial charge is 0.276 e. The van der Waals surface area contributed by atoms with Crippen LogP contribution in [0, 0.1) is 0 Å². The van der Waals surface area contributed by atoms with E-state index in [1.54, 1.807) is 10.9 Å². The van der Waals surface area contributed by atoms with Crippen molar-refractivity contribution in [3.8, 4) is 0 Å². The second-order valence-electron chi connectivity index (χ2n) is 4.95. The summed E-state index contributed by atoms with van der Waals surface area (Å²) in [6.45, 7) is 2.49. The number of sulfonamides is 2. The summed E-state index contributed by atoms with van der Waals surface area (Å²) in [5, 5.41) is 3.98. The molecule has 1 N–H and O–H groups in total. The molecule has 0 unspecified atom stereocenters. The molecular formula is C13H18N4O4S2. The molecule has 1 aromatic heterocycles. The lowest BCUT2D eigenvalue weighted by molar-refractivity contribution is 0.520. The molecule has 0 fully saturated rings. The predicted octanol–water partition coefficient (Wildman–Crippen LogP) is 0.954. The topological polar surface area (TPSA) is 101 Å². The number of aryl methyl sites for hydroxylation is 1. The summed E-state index contributed by atoms with van der Waals surface area (Å²) >= 11 is 0. The monoisotopic (exact) mass is 358 g/mol. The zero-order chi connectivity index (χ0) is 17.3. The minimum absolute atomic E-state index is 0.0883. The molecule has 0 amide bonds. The van der Waals surface area contributed by atoms with Crippen LogP contribution < -0.4 is 4.72 Å². The first kappa shape index (κ1) is 17.4. The minimum Gasteiger partial charge on any atom is -0.276 e. The van der Waals surface area contributed by atoms with Crippen molar-refractivity contribution in [1.82, 2.24) is 14.1 Å². The molecule has 126 valence electrons. The van der Waals surface area contributed by atoms with Crippen molar-refractivity contribution >= 4 is 25.7 Å². The third-order valence-electron chi connectivity index (χ3n) is 3.10. The lowest BCUT2D eigenvalue weighted by Crippen LogP contribution is -2.22. The SMILES string of the molecule is CCn1cc(NS(=O)(=O)c2cccc(S(=O)(=O)N(C)C)c2)cn1. The fourth-order valence-corrected chi connectivity index (χ4v) is 3.91. The number of hydrogen-bond acceptors (Lipinski definition) is 5. The molecule has 0 aliphatic carbocycles. The quantitative estimate of drug-likeness (QED) is 0.828. The molecule has 8 nitrogen and oxygen atoms in total. The maximum absolute atomic E-state index is 12.4. The standard InChI is InChI=1S/C13H18N4O4S2/c1-4-17-10-11(9-14-17)15-22(18,19)12-6-5-7-13(8-12)23(20,21)16(2)3/h5-10,15H,4H2,1-3H3. The first-order chi connectivity index (χ1) is 10.7. The molecular weight excluding hydrogens is 340 g/mol. The fraction of sp³-hybridized carbons (Fsp3) is 0.308. The number of rotatable bonds is 6. The lowest BCUT2D eigenvalue weighted by atomic mass is 10.4. The Bertz CT molecular complexity index is 902. The van der Waals surface area contributed by atoms with Crippen molar-refractivity contribution in [3.05, 3.63) is 36.7 Å². The highest BCUT2D eigenvalue weighted by molar-refractivity contribution is 7.93. The molecule has 1 aromatic carbocycles. The smallest absolute Gasteiger partial charge is 0.262 e. The van der Waals surface area contributed by atoms with Crippen molar-refractivity contribution in [1.29, 1.82) is 0 Å². The zero-order valence-corrected chi connectivity index (χ0v) is 14.6. The second kappa shape index (κ2) is 6.30. The Kier molecular flexibility index (Phi) is 4.78. The van der Waals surface area contributed by atoms with E-state index in [9.17, 15) is 16.8 Å². The average Bonchev–Trinajstić information content (AvgIpc) is 2.94. The molecule has 0 saturated carbocycles. The van der Waals surface area contributed by atoms with Gasteiger partial charge in [0.1, 0.15) is 0 Å². The molecule has 0 aliphatic rings. The van der Waals surface area contributed by atoms with E-state index < -0.39 is 20.0 Å². The third kappa shape index (κ3) is 3.71. The molecule has 0 bridgehead atoms. The highest BCUT2D eigenvalue weighted by Crippen LogP contribution is 2.20. The third-order valence-corrected chi connectivity index (χ3v) is 6.29. The van der Waals surface area contributed by atoms with Gasteiger partial charge in [0.25, 0.3) is 10.0 Å². The van der Waals surface area contributed by atoms with E-state index in [0.717, 1.165) is 10.4 Å². The van der Waals surface area contributed by atoms with Gasteiger partial charge in [-0.05, 0) is 25.1 Å². The van der Waals surface area contributed by atoms with Crippen molar-refractivity contribution in [2.45, 2.75) is 23.3 Å². The summed E-state index contributed by atoms with van der Waals surface area (Å²) in [4.78, 5) is -0.223. The van der Waals surface area contributed by atoms with Gasteiger partial charge in [-0.25, -0.2) is 21.1 Å². The molecule has 0 spiro atoms. The number of anilines is 1.